The minimum absolute atomic E-state index is 0.441. The summed E-state index contributed by atoms with van der Waals surface area (Å²) in [6, 6.07) is 17.5. The van der Waals surface area contributed by atoms with Crippen molar-refractivity contribution in [2.75, 3.05) is 5.32 Å². The Bertz CT molecular complexity index is 1150. The molecule has 3 heterocycles. The van der Waals surface area contributed by atoms with Gasteiger partial charge in [-0.3, -0.25) is 4.98 Å². The molecule has 0 aliphatic heterocycles. The van der Waals surface area contributed by atoms with Crippen LogP contribution in [0, 0.1) is 0 Å². The number of aliphatic hydroxyl groups is 1. The second-order valence-electron chi connectivity index (χ2n) is 7.16. The number of nitrogens with one attached hydrogen (secondary N) is 1. The number of anilines is 2. The van der Waals surface area contributed by atoms with Crippen molar-refractivity contribution < 1.29 is 9.84 Å². The number of ether oxygens (including phenoxy) is 1. The van der Waals surface area contributed by atoms with Gasteiger partial charge in [0.05, 0.1) is 11.1 Å². The number of rotatable bonds is 8. The molecular weight excluding hydrogens is 408 g/mol. The van der Waals surface area contributed by atoms with E-state index in [1.54, 1.807) is 30.7 Å². The molecule has 0 aliphatic rings. The Kier molecular flexibility index (Phi) is 6.54. The van der Waals surface area contributed by atoms with Crippen LogP contribution in [0.5, 0.6) is 10.8 Å². The summed E-state index contributed by atoms with van der Waals surface area (Å²) in [6.07, 6.45) is 4.34. The van der Waals surface area contributed by atoms with E-state index < -0.39 is 6.10 Å². The predicted octanol–water partition coefficient (Wildman–Crippen LogP) is 5.62. The van der Waals surface area contributed by atoms with Crippen molar-refractivity contribution in [1.29, 1.82) is 0 Å². The van der Waals surface area contributed by atoms with Crippen molar-refractivity contribution in [2.45, 2.75) is 32.8 Å². The fraction of sp³-hybridized carbons (Fsp3) is 0.208. The predicted molar refractivity (Wildman–Crippen MR) is 124 cm³/mol. The fourth-order valence-electron chi connectivity index (χ4n) is 3.12. The Labute approximate surface area is 185 Å². The van der Waals surface area contributed by atoms with Crippen LogP contribution in [0.25, 0.3) is 11.3 Å². The van der Waals surface area contributed by atoms with Gasteiger partial charge >= 0.3 is 0 Å². The zero-order valence-electron chi connectivity index (χ0n) is 17.4. The first-order valence-electron chi connectivity index (χ1n) is 10.2. The van der Waals surface area contributed by atoms with E-state index in [1.807, 2.05) is 54.6 Å². The number of pyridine rings is 2. The van der Waals surface area contributed by atoms with E-state index in [4.69, 9.17) is 9.72 Å². The average Bonchev–Trinajstić information content (AvgIpc) is 3.17. The zero-order chi connectivity index (χ0) is 21.6. The highest BCUT2D eigenvalue weighted by molar-refractivity contribution is 7.14. The van der Waals surface area contributed by atoms with E-state index in [-0.39, 0.29) is 0 Å². The van der Waals surface area contributed by atoms with Gasteiger partial charge in [0.15, 0.2) is 0 Å². The van der Waals surface area contributed by atoms with E-state index in [9.17, 15) is 5.11 Å². The Morgan fingerprint density at radius 3 is 2.65 bits per heavy atom. The number of thiazole rings is 1. The molecule has 6 nitrogen and oxygen atoms in total. The number of aryl methyl sites for hydroxylation is 1. The van der Waals surface area contributed by atoms with Crippen molar-refractivity contribution in [1.82, 2.24) is 15.0 Å². The highest BCUT2D eigenvalue weighted by Crippen LogP contribution is 2.38. The molecule has 1 unspecified atom stereocenters. The Balaban J connectivity index is 1.55. The Hall–Kier alpha value is -3.29. The molecule has 4 aromatic rings. The average molecular weight is 433 g/mol. The molecule has 31 heavy (non-hydrogen) atoms. The third-order valence-electron chi connectivity index (χ3n) is 4.53. The largest absolute Gasteiger partial charge is 0.444 e. The van der Waals surface area contributed by atoms with Crippen LogP contribution in [0.2, 0.25) is 0 Å². The Morgan fingerprint density at radius 2 is 1.87 bits per heavy atom. The molecule has 1 aromatic carbocycles. The van der Waals surface area contributed by atoms with E-state index in [1.165, 1.54) is 0 Å². The minimum atomic E-state index is -0.441. The summed E-state index contributed by atoms with van der Waals surface area (Å²) in [7, 11) is 0. The van der Waals surface area contributed by atoms with E-state index >= 15 is 0 Å². The maximum Gasteiger partial charge on any atom is 0.208 e. The van der Waals surface area contributed by atoms with Crippen molar-refractivity contribution in [3.8, 4) is 22.1 Å². The quantitative estimate of drug-likeness (QED) is 0.376. The summed E-state index contributed by atoms with van der Waals surface area (Å²) in [6.45, 7) is 3.84. The topological polar surface area (TPSA) is 80.2 Å². The number of hydrogen-bond donors (Lipinski definition) is 2. The summed E-state index contributed by atoms with van der Waals surface area (Å²) in [4.78, 5) is 13.4. The number of aromatic nitrogens is 3. The standard InChI is InChI=1S/C24H24N4O2S/c1-3-22-28-23(17-7-5-4-6-8-17)24(31-22)30-20-10-12-26-21(15-20)27-18-9-11-25-19(14-18)13-16(2)29/h4-12,14-16,29H,3,13H2,1-2H3,(H,25,26,27). The van der Waals surface area contributed by atoms with Gasteiger partial charge in [0, 0.05) is 41.8 Å². The smallest absolute Gasteiger partial charge is 0.208 e. The molecule has 1 atom stereocenters. The third-order valence-corrected chi connectivity index (χ3v) is 5.60. The number of nitrogens with zero attached hydrogens (tertiary/aromatic N) is 3. The lowest BCUT2D eigenvalue weighted by molar-refractivity contribution is 0.194. The highest BCUT2D eigenvalue weighted by Gasteiger charge is 2.15. The molecule has 2 N–H and O–H groups in total. The molecule has 0 aliphatic carbocycles. The summed E-state index contributed by atoms with van der Waals surface area (Å²) < 4.78 is 6.23. The first-order chi connectivity index (χ1) is 15.1. The van der Waals surface area contributed by atoms with E-state index in [0.29, 0.717) is 18.0 Å². The van der Waals surface area contributed by atoms with Crippen molar-refractivity contribution in [3.05, 3.63) is 77.7 Å². The van der Waals surface area contributed by atoms with E-state index in [0.717, 1.165) is 39.1 Å². The summed E-state index contributed by atoms with van der Waals surface area (Å²) in [5.41, 5.74) is 3.55. The van der Waals surface area contributed by atoms with Gasteiger partial charge in [0.1, 0.15) is 17.3 Å². The normalized spacial score (nSPS) is 11.8. The van der Waals surface area contributed by atoms with Crippen LogP contribution in [0.4, 0.5) is 11.5 Å². The lowest BCUT2D eigenvalue weighted by atomic mass is 10.2. The fourth-order valence-corrected chi connectivity index (χ4v) is 4.01. The molecule has 0 spiro atoms. The van der Waals surface area contributed by atoms with Crippen molar-refractivity contribution in [2.24, 2.45) is 0 Å². The Morgan fingerprint density at radius 1 is 1.06 bits per heavy atom. The van der Waals surface area contributed by atoms with E-state index in [2.05, 4.69) is 22.2 Å². The molecule has 0 amide bonds. The van der Waals surface area contributed by atoms with Crippen LogP contribution in [-0.4, -0.2) is 26.2 Å². The van der Waals surface area contributed by atoms with Gasteiger partial charge in [0.25, 0.3) is 0 Å². The second-order valence-corrected chi connectivity index (χ2v) is 8.20. The number of aliphatic hydroxyl groups excluding tert-OH is 1. The van der Waals surface area contributed by atoms with Crippen LogP contribution >= 0.6 is 11.3 Å². The van der Waals surface area contributed by atoms with Crippen LogP contribution in [0.3, 0.4) is 0 Å². The van der Waals surface area contributed by atoms with Gasteiger partial charge in [0.2, 0.25) is 5.06 Å². The summed E-state index contributed by atoms with van der Waals surface area (Å²) >= 11 is 1.56. The van der Waals surface area contributed by atoms with Gasteiger partial charge in [-0.25, -0.2) is 9.97 Å². The molecule has 0 bridgehead atoms. The maximum atomic E-state index is 9.59. The monoisotopic (exact) mass is 432 g/mol. The molecule has 3 aromatic heterocycles. The van der Waals surface area contributed by atoms with Gasteiger partial charge in [-0.05, 0) is 31.5 Å². The minimum Gasteiger partial charge on any atom is -0.444 e. The van der Waals surface area contributed by atoms with Gasteiger partial charge in [-0.1, -0.05) is 48.6 Å². The molecule has 0 radical (unpaired) electrons. The van der Waals surface area contributed by atoms with Gasteiger partial charge in [-0.2, -0.15) is 0 Å². The van der Waals surface area contributed by atoms with Crippen LogP contribution in [0.15, 0.2) is 67.0 Å². The van der Waals surface area contributed by atoms with Gasteiger partial charge in [-0.15, -0.1) is 0 Å². The number of benzene rings is 1. The van der Waals surface area contributed by atoms with Crippen molar-refractivity contribution >= 4 is 22.8 Å². The lowest BCUT2D eigenvalue weighted by Gasteiger charge is -2.10. The molecule has 158 valence electrons. The van der Waals surface area contributed by atoms with Crippen molar-refractivity contribution in [3.63, 3.8) is 0 Å². The second kappa shape index (κ2) is 9.68. The molecule has 0 saturated heterocycles. The highest BCUT2D eigenvalue weighted by atomic mass is 32.1. The van der Waals surface area contributed by atoms with Crippen LogP contribution in [0.1, 0.15) is 24.5 Å². The lowest BCUT2D eigenvalue weighted by Crippen LogP contribution is -2.06. The summed E-state index contributed by atoms with van der Waals surface area (Å²) in [5, 5.41) is 14.7. The SMILES string of the molecule is CCc1nc(-c2ccccc2)c(Oc2ccnc(Nc3ccnc(CC(C)O)c3)c2)s1. The summed E-state index contributed by atoms with van der Waals surface area (Å²) in [5.74, 6) is 1.34. The molecular formula is C24H24N4O2S. The third kappa shape index (κ3) is 5.45. The first-order valence-corrected chi connectivity index (χ1v) is 11.0. The molecule has 0 saturated carbocycles. The molecule has 0 fully saturated rings. The molecule has 4 rings (SSSR count). The zero-order valence-corrected chi connectivity index (χ0v) is 18.3. The number of hydrogen-bond acceptors (Lipinski definition) is 7. The van der Waals surface area contributed by atoms with Gasteiger partial charge < -0.3 is 15.2 Å². The van der Waals surface area contributed by atoms with Crippen LogP contribution in [-0.2, 0) is 12.8 Å². The maximum absolute atomic E-state index is 9.59. The van der Waals surface area contributed by atoms with Crippen LogP contribution < -0.4 is 10.1 Å². The first kappa shape index (κ1) is 21.0. The molecule has 7 heteroatoms.